The van der Waals surface area contributed by atoms with Crippen LogP contribution in [0.3, 0.4) is 0 Å². The molecular formula is C14H21N7. The standard InChI is InChI=1S/C14H21N7/c1-19-14-11(7-16-19)13(15)17-12(18-14)9-20-5-6-21-4-2-3-10(21)8-20/h7,10H,2-6,8-9H2,1H3,(H2,15,17,18). The van der Waals surface area contributed by atoms with Gasteiger partial charge in [0, 0.05) is 32.7 Å². The third-order valence-corrected chi connectivity index (χ3v) is 4.70. The van der Waals surface area contributed by atoms with E-state index in [1.54, 1.807) is 10.9 Å². The van der Waals surface area contributed by atoms with E-state index in [4.69, 9.17) is 5.73 Å². The molecule has 2 N–H and O–H groups in total. The summed E-state index contributed by atoms with van der Waals surface area (Å²) in [5.74, 6) is 1.33. The monoisotopic (exact) mass is 287 g/mol. The van der Waals surface area contributed by atoms with Gasteiger partial charge in [-0.3, -0.25) is 14.5 Å². The lowest BCUT2D eigenvalue weighted by atomic mass is 10.1. The Morgan fingerprint density at radius 3 is 3.10 bits per heavy atom. The topological polar surface area (TPSA) is 76.1 Å². The Balaban J connectivity index is 1.55. The lowest BCUT2D eigenvalue weighted by Gasteiger charge is -2.37. The highest BCUT2D eigenvalue weighted by atomic mass is 15.3. The van der Waals surface area contributed by atoms with E-state index in [9.17, 15) is 0 Å². The van der Waals surface area contributed by atoms with Gasteiger partial charge >= 0.3 is 0 Å². The Labute approximate surface area is 123 Å². The minimum atomic E-state index is 0.530. The maximum atomic E-state index is 6.03. The van der Waals surface area contributed by atoms with Gasteiger partial charge in [-0.25, -0.2) is 9.97 Å². The summed E-state index contributed by atoms with van der Waals surface area (Å²) in [6, 6.07) is 0.719. The van der Waals surface area contributed by atoms with Gasteiger partial charge in [0.15, 0.2) is 5.65 Å². The zero-order valence-corrected chi connectivity index (χ0v) is 12.4. The molecule has 0 saturated carbocycles. The van der Waals surface area contributed by atoms with Crippen LogP contribution in [0.4, 0.5) is 5.82 Å². The highest BCUT2D eigenvalue weighted by Crippen LogP contribution is 2.23. The fraction of sp³-hybridized carbons (Fsp3) is 0.643. The smallest absolute Gasteiger partial charge is 0.163 e. The van der Waals surface area contributed by atoms with Gasteiger partial charge in [0.05, 0.1) is 18.1 Å². The Morgan fingerprint density at radius 2 is 2.19 bits per heavy atom. The Morgan fingerprint density at radius 1 is 1.29 bits per heavy atom. The molecule has 2 fully saturated rings. The summed E-state index contributed by atoms with van der Waals surface area (Å²) >= 11 is 0. The van der Waals surface area contributed by atoms with Crippen molar-refractivity contribution in [2.75, 3.05) is 31.9 Å². The average molecular weight is 287 g/mol. The van der Waals surface area contributed by atoms with Crippen molar-refractivity contribution in [2.24, 2.45) is 7.05 Å². The molecule has 2 aliphatic rings. The SMILES string of the molecule is Cn1ncc2c(N)nc(CN3CCN4CCCC4C3)nc21. The molecule has 7 nitrogen and oxygen atoms in total. The van der Waals surface area contributed by atoms with Gasteiger partial charge in [0.25, 0.3) is 0 Å². The van der Waals surface area contributed by atoms with Gasteiger partial charge in [-0.1, -0.05) is 0 Å². The van der Waals surface area contributed by atoms with E-state index in [-0.39, 0.29) is 0 Å². The molecule has 2 aromatic heterocycles. The summed E-state index contributed by atoms with van der Waals surface area (Å²) in [5.41, 5.74) is 6.85. The van der Waals surface area contributed by atoms with Crippen LogP contribution in [0.15, 0.2) is 6.20 Å². The number of hydrogen-bond acceptors (Lipinski definition) is 6. The number of nitrogens with zero attached hydrogens (tertiary/aromatic N) is 6. The first-order valence-electron chi connectivity index (χ1n) is 7.61. The normalized spacial score (nSPS) is 23.8. The highest BCUT2D eigenvalue weighted by Gasteiger charge is 2.30. The summed E-state index contributed by atoms with van der Waals surface area (Å²) in [5, 5.41) is 5.04. The van der Waals surface area contributed by atoms with Crippen LogP contribution in [-0.2, 0) is 13.6 Å². The zero-order valence-electron chi connectivity index (χ0n) is 12.4. The number of piperazine rings is 1. The van der Waals surface area contributed by atoms with Crippen LogP contribution >= 0.6 is 0 Å². The van der Waals surface area contributed by atoms with Gasteiger partial charge in [0.1, 0.15) is 11.6 Å². The fourth-order valence-electron chi connectivity index (χ4n) is 3.56. The lowest BCUT2D eigenvalue weighted by Crippen LogP contribution is -2.49. The largest absolute Gasteiger partial charge is 0.383 e. The maximum Gasteiger partial charge on any atom is 0.163 e. The van der Waals surface area contributed by atoms with Crippen LogP contribution in [0, 0.1) is 0 Å². The fourth-order valence-corrected chi connectivity index (χ4v) is 3.56. The van der Waals surface area contributed by atoms with Gasteiger partial charge in [0.2, 0.25) is 0 Å². The molecule has 112 valence electrons. The van der Waals surface area contributed by atoms with Crippen LogP contribution in [0.1, 0.15) is 18.7 Å². The molecule has 0 radical (unpaired) electrons. The number of rotatable bonds is 2. The van der Waals surface area contributed by atoms with Gasteiger partial charge in [-0.05, 0) is 19.4 Å². The molecule has 1 atom stereocenters. The summed E-state index contributed by atoms with van der Waals surface area (Å²) in [6.07, 6.45) is 4.38. The van der Waals surface area contributed by atoms with Gasteiger partial charge < -0.3 is 5.73 Å². The van der Waals surface area contributed by atoms with Crippen molar-refractivity contribution < 1.29 is 0 Å². The van der Waals surface area contributed by atoms with Crippen molar-refractivity contribution in [2.45, 2.75) is 25.4 Å². The summed E-state index contributed by atoms with van der Waals surface area (Å²) in [7, 11) is 1.88. The molecule has 0 aliphatic carbocycles. The van der Waals surface area contributed by atoms with Gasteiger partial charge in [-0.2, -0.15) is 5.10 Å². The Kier molecular flexibility index (Phi) is 3.04. The second kappa shape index (κ2) is 4.92. The molecule has 4 rings (SSSR count). The van der Waals surface area contributed by atoms with E-state index in [0.29, 0.717) is 5.82 Å². The maximum absolute atomic E-state index is 6.03. The van der Waals surface area contributed by atoms with Crippen molar-refractivity contribution >= 4 is 16.9 Å². The first-order chi connectivity index (χ1) is 10.2. The Hall–Kier alpha value is -1.73. The molecule has 4 heterocycles. The number of fused-ring (bicyclic) bond motifs is 2. The predicted molar refractivity (Wildman–Crippen MR) is 80.6 cm³/mol. The number of nitrogens with two attached hydrogens (primary N) is 1. The second-order valence-electron chi connectivity index (χ2n) is 6.10. The average Bonchev–Trinajstić information content (AvgIpc) is 3.06. The second-order valence-corrected chi connectivity index (χ2v) is 6.10. The van der Waals surface area contributed by atoms with E-state index in [1.807, 2.05) is 7.05 Å². The summed E-state index contributed by atoms with van der Waals surface area (Å²) in [4.78, 5) is 14.1. The summed E-state index contributed by atoms with van der Waals surface area (Å²) in [6.45, 7) is 5.41. The van der Waals surface area contributed by atoms with E-state index in [2.05, 4.69) is 24.9 Å². The third kappa shape index (κ3) is 2.26. The molecule has 0 bridgehead atoms. The van der Waals surface area contributed by atoms with Crippen molar-refractivity contribution in [3.8, 4) is 0 Å². The van der Waals surface area contributed by atoms with Crippen molar-refractivity contribution in [3.05, 3.63) is 12.0 Å². The molecule has 2 aromatic rings. The molecule has 21 heavy (non-hydrogen) atoms. The lowest BCUT2D eigenvalue weighted by molar-refractivity contribution is 0.0975. The molecule has 0 aromatic carbocycles. The third-order valence-electron chi connectivity index (χ3n) is 4.70. The van der Waals surface area contributed by atoms with Gasteiger partial charge in [-0.15, -0.1) is 0 Å². The first-order valence-corrected chi connectivity index (χ1v) is 7.61. The minimum absolute atomic E-state index is 0.530. The highest BCUT2D eigenvalue weighted by molar-refractivity contribution is 5.84. The van der Waals surface area contributed by atoms with Crippen molar-refractivity contribution in [3.63, 3.8) is 0 Å². The van der Waals surface area contributed by atoms with E-state index in [0.717, 1.165) is 49.1 Å². The van der Waals surface area contributed by atoms with E-state index in [1.165, 1.54) is 19.4 Å². The molecule has 0 amide bonds. The molecule has 2 aliphatic heterocycles. The van der Waals surface area contributed by atoms with Crippen molar-refractivity contribution in [1.82, 2.24) is 29.5 Å². The number of aromatic nitrogens is 4. The van der Waals surface area contributed by atoms with Crippen LogP contribution in [0.2, 0.25) is 0 Å². The Bertz CT molecular complexity index is 665. The van der Waals surface area contributed by atoms with E-state index < -0.39 is 0 Å². The first kappa shape index (κ1) is 13.0. The van der Waals surface area contributed by atoms with Crippen LogP contribution in [0.5, 0.6) is 0 Å². The van der Waals surface area contributed by atoms with Crippen LogP contribution in [-0.4, -0.2) is 61.8 Å². The number of hydrogen-bond donors (Lipinski definition) is 1. The van der Waals surface area contributed by atoms with Crippen molar-refractivity contribution in [1.29, 1.82) is 0 Å². The number of anilines is 1. The molecular weight excluding hydrogens is 266 g/mol. The van der Waals surface area contributed by atoms with Crippen LogP contribution in [0.25, 0.3) is 11.0 Å². The molecule has 1 unspecified atom stereocenters. The van der Waals surface area contributed by atoms with E-state index >= 15 is 0 Å². The molecule has 7 heteroatoms. The van der Waals surface area contributed by atoms with Crippen LogP contribution < -0.4 is 5.73 Å². The summed E-state index contributed by atoms with van der Waals surface area (Å²) < 4.78 is 1.76. The quantitative estimate of drug-likeness (QED) is 0.852. The minimum Gasteiger partial charge on any atom is -0.383 e. The molecule has 0 spiro atoms. The predicted octanol–water partition coefficient (Wildman–Crippen LogP) is 0.226. The number of aryl methyl sites for hydroxylation is 1. The number of nitrogen functional groups attached to an aromatic ring is 1. The molecule has 2 saturated heterocycles. The zero-order chi connectivity index (χ0) is 14.4.